The molecule has 2 heterocycles. The Balaban J connectivity index is 1.58. The van der Waals surface area contributed by atoms with Crippen LogP contribution in [-0.2, 0) is 16.0 Å². The molecule has 33 heavy (non-hydrogen) atoms. The first-order valence-electron chi connectivity index (χ1n) is 10.4. The fourth-order valence-electron chi connectivity index (χ4n) is 3.90. The summed E-state index contributed by atoms with van der Waals surface area (Å²) in [4.78, 5) is 35.8. The van der Waals surface area contributed by atoms with Crippen LogP contribution in [0.5, 0.6) is 5.75 Å². The van der Waals surface area contributed by atoms with Crippen molar-refractivity contribution in [3.63, 3.8) is 0 Å². The fraction of sp³-hybridized carbons (Fsp3) is 0.261. The second kappa shape index (κ2) is 8.73. The molecule has 1 aromatic heterocycles. The number of nitro groups is 1. The molecule has 0 fully saturated rings. The number of non-ortho nitro benzene ring substituents is 1. The summed E-state index contributed by atoms with van der Waals surface area (Å²) in [6, 6.07) is 10.9. The summed E-state index contributed by atoms with van der Waals surface area (Å²) in [6.07, 6.45) is 0.528. The Kier molecular flexibility index (Phi) is 5.82. The maximum absolute atomic E-state index is 12.7. The van der Waals surface area contributed by atoms with Gasteiger partial charge in [-0.05, 0) is 42.7 Å². The zero-order valence-corrected chi connectivity index (χ0v) is 18.4. The Labute approximate surface area is 189 Å². The molecule has 0 saturated heterocycles. The highest BCUT2D eigenvalue weighted by Gasteiger charge is 2.36. The van der Waals surface area contributed by atoms with Crippen molar-refractivity contribution in [2.24, 2.45) is 0 Å². The molecular formula is C23H23N5O5. The molecule has 0 bridgehead atoms. The molecule has 0 spiro atoms. The number of methoxy groups -OCH3 is 1. The van der Waals surface area contributed by atoms with Crippen LogP contribution in [0.25, 0.3) is 11.1 Å². The highest BCUT2D eigenvalue weighted by atomic mass is 16.6. The molecule has 0 aliphatic carbocycles. The maximum Gasteiger partial charge on any atom is 0.269 e. The van der Waals surface area contributed by atoms with E-state index in [-0.39, 0.29) is 23.9 Å². The van der Waals surface area contributed by atoms with E-state index in [1.165, 1.54) is 18.2 Å². The predicted molar refractivity (Wildman–Crippen MR) is 122 cm³/mol. The van der Waals surface area contributed by atoms with Gasteiger partial charge in [-0.3, -0.25) is 19.7 Å². The van der Waals surface area contributed by atoms with Gasteiger partial charge in [-0.15, -0.1) is 0 Å². The van der Waals surface area contributed by atoms with Crippen LogP contribution in [0.15, 0.2) is 42.5 Å². The third-order valence-electron chi connectivity index (χ3n) is 5.61. The summed E-state index contributed by atoms with van der Waals surface area (Å²) in [6.45, 7) is 3.65. The third kappa shape index (κ3) is 4.14. The zero-order valence-electron chi connectivity index (χ0n) is 18.4. The van der Waals surface area contributed by atoms with Gasteiger partial charge in [0.05, 0.1) is 24.1 Å². The fourth-order valence-corrected chi connectivity index (χ4v) is 3.90. The Morgan fingerprint density at radius 3 is 2.61 bits per heavy atom. The number of rotatable bonds is 7. The molecule has 1 aliphatic heterocycles. The lowest BCUT2D eigenvalue weighted by Gasteiger charge is -2.11. The minimum absolute atomic E-state index is 0.0555. The molecule has 10 heteroatoms. The van der Waals surface area contributed by atoms with Gasteiger partial charge in [-0.25, -0.2) is 4.68 Å². The number of carbonyl (C=O) groups is 2. The van der Waals surface area contributed by atoms with Crippen molar-refractivity contribution >= 4 is 29.0 Å². The van der Waals surface area contributed by atoms with Crippen LogP contribution < -0.4 is 15.4 Å². The molecule has 2 amide bonds. The van der Waals surface area contributed by atoms with E-state index in [2.05, 4.69) is 15.7 Å². The molecule has 1 aliphatic rings. The SMILES string of the molecule is CCc1nn2c(c1-c1ccc(OC)cc1)NC(=O)C2CC(=O)Nc1ccc([N+](=O)[O-])cc1C. The van der Waals surface area contributed by atoms with E-state index >= 15 is 0 Å². The smallest absolute Gasteiger partial charge is 0.269 e. The van der Waals surface area contributed by atoms with Gasteiger partial charge in [0.25, 0.3) is 11.6 Å². The third-order valence-corrected chi connectivity index (χ3v) is 5.61. The number of anilines is 2. The minimum Gasteiger partial charge on any atom is -0.497 e. The summed E-state index contributed by atoms with van der Waals surface area (Å²) < 4.78 is 6.79. The largest absolute Gasteiger partial charge is 0.497 e. The standard InChI is InChI=1S/C23H23N5O5/c1-4-17-21(14-5-8-16(33-3)9-6-14)22-25-23(30)19(27(22)26-17)12-20(29)24-18-10-7-15(28(31)32)11-13(18)2/h5-11,19H,4,12H2,1-3H3,(H,24,29)(H,25,30). The van der Waals surface area contributed by atoms with E-state index in [1.54, 1.807) is 18.7 Å². The molecule has 2 N–H and O–H groups in total. The molecular weight excluding hydrogens is 426 g/mol. The number of fused-ring (bicyclic) bond motifs is 1. The van der Waals surface area contributed by atoms with E-state index in [4.69, 9.17) is 4.74 Å². The van der Waals surface area contributed by atoms with Gasteiger partial charge in [-0.2, -0.15) is 5.10 Å². The molecule has 4 rings (SSSR count). The van der Waals surface area contributed by atoms with Crippen molar-refractivity contribution in [3.05, 3.63) is 63.8 Å². The molecule has 2 aromatic carbocycles. The van der Waals surface area contributed by atoms with Crippen LogP contribution in [0.2, 0.25) is 0 Å². The topological polar surface area (TPSA) is 128 Å². The summed E-state index contributed by atoms with van der Waals surface area (Å²) >= 11 is 0. The van der Waals surface area contributed by atoms with Gasteiger partial charge >= 0.3 is 0 Å². The van der Waals surface area contributed by atoms with Gasteiger partial charge in [0.15, 0.2) is 0 Å². The van der Waals surface area contributed by atoms with Gasteiger partial charge in [0.1, 0.15) is 17.6 Å². The highest BCUT2D eigenvalue weighted by Crippen LogP contribution is 2.39. The Hall–Kier alpha value is -4.21. The Morgan fingerprint density at radius 1 is 1.27 bits per heavy atom. The number of nitrogens with one attached hydrogen (secondary N) is 2. The number of carbonyl (C=O) groups excluding carboxylic acids is 2. The number of amides is 2. The number of hydrogen-bond donors (Lipinski definition) is 2. The number of nitro benzene ring substituents is 1. The predicted octanol–water partition coefficient (Wildman–Crippen LogP) is 3.86. The monoisotopic (exact) mass is 449 g/mol. The van der Waals surface area contributed by atoms with Crippen LogP contribution in [0, 0.1) is 17.0 Å². The molecule has 170 valence electrons. The van der Waals surface area contributed by atoms with Crippen LogP contribution in [0.1, 0.15) is 30.6 Å². The van der Waals surface area contributed by atoms with E-state index in [0.717, 1.165) is 22.6 Å². The molecule has 1 atom stereocenters. The van der Waals surface area contributed by atoms with Crippen LogP contribution in [0.4, 0.5) is 17.2 Å². The van der Waals surface area contributed by atoms with Gasteiger partial charge in [0, 0.05) is 23.4 Å². The lowest BCUT2D eigenvalue weighted by molar-refractivity contribution is -0.384. The van der Waals surface area contributed by atoms with Crippen LogP contribution in [-0.4, -0.2) is 33.6 Å². The van der Waals surface area contributed by atoms with Gasteiger partial charge in [0.2, 0.25) is 5.91 Å². The van der Waals surface area contributed by atoms with Crippen molar-refractivity contribution in [1.29, 1.82) is 0 Å². The van der Waals surface area contributed by atoms with Gasteiger partial charge < -0.3 is 15.4 Å². The minimum atomic E-state index is -0.796. The van der Waals surface area contributed by atoms with Crippen molar-refractivity contribution in [3.8, 4) is 16.9 Å². The maximum atomic E-state index is 12.7. The summed E-state index contributed by atoms with van der Waals surface area (Å²) in [5.74, 6) is 0.581. The first kappa shape index (κ1) is 22.0. The molecule has 1 unspecified atom stereocenters. The number of nitrogens with zero attached hydrogens (tertiary/aromatic N) is 3. The first-order chi connectivity index (χ1) is 15.8. The number of aromatic nitrogens is 2. The van der Waals surface area contributed by atoms with E-state index in [1.807, 2.05) is 31.2 Å². The van der Waals surface area contributed by atoms with Crippen LogP contribution >= 0.6 is 0 Å². The van der Waals surface area contributed by atoms with Crippen molar-refractivity contribution in [2.45, 2.75) is 32.7 Å². The van der Waals surface area contributed by atoms with E-state index in [0.29, 0.717) is 23.5 Å². The number of hydrogen-bond acceptors (Lipinski definition) is 6. The van der Waals surface area contributed by atoms with Crippen molar-refractivity contribution in [2.75, 3.05) is 17.7 Å². The Bertz CT molecular complexity index is 1250. The van der Waals surface area contributed by atoms with E-state index in [9.17, 15) is 19.7 Å². The first-order valence-corrected chi connectivity index (χ1v) is 10.4. The van der Waals surface area contributed by atoms with Gasteiger partial charge in [-0.1, -0.05) is 19.1 Å². The number of ether oxygens (including phenoxy) is 1. The van der Waals surface area contributed by atoms with Crippen molar-refractivity contribution in [1.82, 2.24) is 9.78 Å². The summed E-state index contributed by atoms with van der Waals surface area (Å²) in [5.41, 5.74) is 3.48. The quantitative estimate of drug-likeness (QED) is 0.416. The lowest BCUT2D eigenvalue weighted by Crippen LogP contribution is -2.24. The van der Waals surface area contributed by atoms with E-state index < -0.39 is 11.0 Å². The second-order valence-electron chi connectivity index (χ2n) is 7.71. The number of aryl methyl sites for hydroxylation is 2. The normalized spacial score (nSPS) is 14.5. The lowest BCUT2D eigenvalue weighted by atomic mass is 10.0. The molecule has 10 nitrogen and oxygen atoms in total. The highest BCUT2D eigenvalue weighted by molar-refractivity contribution is 6.04. The summed E-state index contributed by atoms with van der Waals surface area (Å²) in [7, 11) is 1.60. The molecule has 0 saturated carbocycles. The average molecular weight is 449 g/mol. The molecule has 3 aromatic rings. The number of benzene rings is 2. The van der Waals surface area contributed by atoms with Crippen LogP contribution in [0.3, 0.4) is 0 Å². The second-order valence-corrected chi connectivity index (χ2v) is 7.71. The summed E-state index contributed by atoms with van der Waals surface area (Å²) in [5, 5.41) is 21.1. The Morgan fingerprint density at radius 2 is 2.00 bits per heavy atom. The average Bonchev–Trinajstić information content (AvgIpc) is 3.30. The zero-order chi connectivity index (χ0) is 23.7. The molecule has 0 radical (unpaired) electrons. The van der Waals surface area contributed by atoms with Crippen molar-refractivity contribution < 1.29 is 19.2 Å².